The number of nitrogens with zero attached hydrogens (tertiary/aromatic N) is 2. The normalized spacial score (nSPS) is 16.7. The number of carbonyl (C=O) groups excluding carboxylic acids is 1. The monoisotopic (exact) mass is 318 g/mol. The van der Waals surface area contributed by atoms with E-state index in [2.05, 4.69) is 0 Å². The van der Waals surface area contributed by atoms with E-state index in [0.29, 0.717) is 30.0 Å². The Balaban J connectivity index is 1.99. The number of methoxy groups -OCH3 is 1. The number of carboxylic acid groups (broad SMARTS) is 1. The molecule has 0 aliphatic carbocycles. The molecule has 0 bridgehead atoms. The smallest absolute Gasteiger partial charge is 0.305 e. The van der Waals surface area contributed by atoms with Gasteiger partial charge in [-0.3, -0.25) is 9.59 Å². The van der Waals surface area contributed by atoms with Crippen LogP contribution in [-0.2, 0) is 9.59 Å². The second-order valence-corrected chi connectivity index (χ2v) is 5.25. The Morgan fingerprint density at radius 2 is 2.22 bits per heavy atom. The molecule has 0 aromatic heterocycles. The lowest BCUT2D eigenvalue weighted by molar-refractivity contribution is -0.140. The number of hydrogen-bond donors (Lipinski definition) is 1. The SMILES string of the molecule is COc1cc(C#N)ccc1OCC(=O)N1CCCC1CC(=O)O. The zero-order valence-corrected chi connectivity index (χ0v) is 12.8. The van der Waals surface area contributed by atoms with E-state index in [9.17, 15) is 9.59 Å². The van der Waals surface area contributed by atoms with Gasteiger partial charge >= 0.3 is 5.97 Å². The molecule has 0 spiro atoms. The first-order valence-electron chi connectivity index (χ1n) is 7.27. The van der Waals surface area contributed by atoms with Crippen LogP contribution in [0, 0.1) is 11.3 Å². The van der Waals surface area contributed by atoms with Crippen molar-refractivity contribution in [1.29, 1.82) is 5.26 Å². The average Bonchev–Trinajstić information content (AvgIpc) is 2.99. The Hall–Kier alpha value is -2.75. The number of likely N-dealkylation sites (tertiary alicyclic amines) is 1. The molecule has 23 heavy (non-hydrogen) atoms. The van der Waals surface area contributed by atoms with Crippen molar-refractivity contribution in [3.8, 4) is 17.6 Å². The van der Waals surface area contributed by atoms with Crippen LogP contribution in [0.2, 0.25) is 0 Å². The molecule has 1 aromatic carbocycles. The van der Waals surface area contributed by atoms with Crippen LogP contribution in [0.4, 0.5) is 0 Å². The van der Waals surface area contributed by atoms with Gasteiger partial charge in [-0.2, -0.15) is 5.26 Å². The van der Waals surface area contributed by atoms with Gasteiger partial charge in [0.05, 0.1) is 25.2 Å². The molecular weight excluding hydrogens is 300 g/mol. The molecule has 1 N–H and O–H groups in total. The molecule has 1 atom stereocenters. The first kappa shape index (κ1) is 16.6. The number of ether oxygens (including phenoxy) is 2. The summed E-state index contributed by atoms with van der Waals surface area (Å²) in [5.74, 6) is -0.418. The van der Waals surface area contributed by atoms with Crippen molar-refractivity contribution in [2.75, 3.05) is 20.3 Å². The number of aliphatic carboxylic acids is 1. The van der Waals surface area contributed by atoms with Gasteiger partial charge in [-0.1, -0.05) is 0 Å². The highest BCUT2D eigenvalue weighted by atomic mass is 16.5. The summed E-state index contributed by atoms with van der Waals surface area (Å²) >= 11 is 0. The zero-order chi connectivity index (χ0) is 16.8. The van der Waals surface area contributed by atoms with Crippen molar-refractivity contribution < 1.29 is 24.2 Å². The second-order valence-electron chi connectivity index (χ2n) is 5.25. The third-order valence-corrected chi connectivity index (χ3v) is 3.75. The molecule has 122 valence electrons. The van der Waals surface area contributed by atoms with Gasteiger partial charge in [-0.05, 0) is 25.0 Å². The molecule has 1 amide bonds. The van der Waals surface area contributed by atoms with Gasteiger partial charge in [0.1, 0.15) is 0 Å². The van der Waals surface area contributed by atoms with Gasteiger partial charge in [-0.15, -0.1) is 0 Å². The summed E-state index contributed by atoms with van der Waals surface area (Å²) < 4.78 is 10.6. The van der Waals surface area contributed by atoms with Crippen molar-refractivity contribution in [3.63, 3.8) is 0 Å². The minimum absolute atomic E-state index is 0.0497. The topological polar surface area (TPSA) is 99.9 Å². The Labute approximate surface area is 134 Å². The molecule has 0 saturated carbocycles. The van der Waals surface area contributed by atoms with E-state index in [-0.39, 0.29) is 25.0 Å². The van der Waals surface area contributed by atoms with Crippen LogP contribution >= 0.6 is 0 Å². The molecule has 1 unspecified atom stereocenters. The molecule has 1 saturated heterocycles. The molecule has 1 aromatic rings. The minimum atomic E-state index is -0.913. The Bertz CT molecular complexity index is 638. The third kappa shape index (κ3) is 4.13. The summed E-state index contributed by atoms with van der Waals surface area (Å²) in [4.78, 5) is 24.6. The largest absolute Gasteiger partial charge is 0.493 e. The van der Waals surface area contributed by atoms with Gasteiger partial charge in [0.2, 0.25) is 0 Å². The zero-order valence-electron chi connectivity index (χ0n) is 12.8. The molecule has 7 heteroatoms. The fourth-order valence-electron chi connectivity index (χ4n) is 2.66. The number of carbonyl (C=O) groups is 2. The van der Waals surface area contributed by atoms with Crippen LogP contribution in [0.3, 0.4) is 0 Å². The minimum Gasteiger partial charge on any atom is -0.493 e. The van der Waals surface area contributed by atoms with Crippen LogP contribution in [0.25, 0.3) is 0 Å². The van der Waals surface area contributed by atoms with Crippen LogP contribution in [0.1, 0.15) is 24.8 Å². The van der Waals surface area contributed by atoms with Crippen LogP contribution in [0.15, 0.2) is 18.2 Å². The quantitative estimate of drug-likeness (QED) is 0.851. The highest BCUT2D eigenvalue weighted by molar-refractivity contribution is 5.79. The lowest BCUT2D eigenvalue weighted by Gasteiger charge is -2.23. The molecular formula is C16H18N2O5. The number of benzene rings is 1. The summed E-state index contributed by atoms with van der Waals surface area (Å²) in [6.07, 6.45) is 1.44. The number of carboxylic acids is 1. The van der Waals surface area contributed by atoms with Crippen molar-refractivity contribution >= 4 is 11.9 Å². The second kappa shape index (κ2) is 7.49. The lowest BCUT2D eigenvalue weighted by Crippen LogP contribution is -2.39. The highest BCUT2D eigenvalue weighted by Crippen LogP contribution is 2.28. The molecule has 0 radical (unpaired) electrons. The van der Waals surface area contributed by atoms with Crippen LogP contribution in [-0.4, -0.2) is 48.2 Å². The lowest BCUT2D eigenvalue weighted by atomic mass is 10.1. The number of amides is 1. The summed E-state index contributed by atoms with van der Waals surface area (Å²) in [7, 11) is 1.45. The van der Waals surface area contributed by atoms with Gasteiger partial charge in [0, 0.05) is 18.7 Å². The molecule has 1 heterocycles. The Morgan fingerprint density at radius 3 is 2.87 bits per heavy atom. The first-order chi connectivity index (χ1) is 11.0. The predicted octanol–water partition coefficient (Wildman–Crippen LogP) is 1.41. The van der Waals surface area contributed by atoms with E-state index in [1.165, 1.54) is 13.2 Å². The summed E-state index contributed by atoms with van der Waals surface area (Å²) in [5.41, 5.74) is 0.432. The van der Waals surface area contributed by atoms with E-state index in [0.717, 1.165) is 6.42 Å². The maximum atomic E-state index is 12.2. The summed E-state index contributed by atoms with van der Waals surface area (Å²) in [5, 5.41) is 17.7. The average molecular weight is 318 g/mol. The van der Waals surface area contributed by atoms with Crippen molar-refractivity contribution in [2.24, 2.45) is 0 Å². The highest BCUT2D eigenvalue weighted by Gasteiger charge is 2.30. The Kier molecular flexibility index (Phi) is 5.41. The van der Waals surface area contributed by atoms with Gasteiger partial charge < -0.3 is 19.5 Å². The Morgan fingerprint density at radius 1 is 1.43 bits per heavy atom. The van der Waals surface area contributed by atoms with Gasteiger partial charge in [-0.25, -0.2) is 0 Å². The van der Waals surface area contributed by atoms with E-state index in [1.54, 1.807) is 17.0 Å². The van der Waals surface area contributed by atoms with Gasteiger partial charge in [0.15, 0.2) is 18.1 Å². The fourth-order valence-corrected chi connectivity index (χ4v) is 2.66. The first-order valence-corrected chi connectivity index (χ1v) is 7.27. The van der Waals surface area contributed by atoms with Crippen LogP contribution < -0.4 is 9.47 Å². The van der Waals surface area contributed by atoms with Crippen molar-refractivity contribution in [1.82, 2.24) is 4.90 Å². The number of rotatable bonds is 6. The van der Waals surface area contributed by atoms with E-state index < -0.39 is 5.97 Å². The van der Waals surface area contributed by atoms with Gasteiger partial charge in [0.25, 0.3) is 5.91 Å². The molecule has 7 nitrogen and oxygen atoms in total. The standard InChI is InChI=1S/C16H18N2O5/c1-22-14-7-11(9-17)4-5-13(14)23-10-15(19)18-6-2-3-12(18)8-16(20)21/h4-5,7,12H,2-3,6,8,10H2,1H3,(H,20,21). The molecule has 1 aliphatic rings. The maximum absolute atomic E-state index is 12.2. The third-order valence-electron chi connectivity index (χ3n) is 3.75. The maximum Gasteiger partial charge on any atom is 0.305 e. The molecule has 2 rings (SSSR count). The predicted molar refractivity (Wildman–Crippen MR) is 80.2 cm³/mol. The van der Waals surface area contributed by atoms with Crippen molar-refractivity contribution in [2.45, 2.75) is 25.3 Å². The number of nitriles is 1. The summed E-state index contributed by atoms with van der Waals surface area (Å²) in [6.45, 7) is 0.350. The number of hydrogen-bond acceptors (Lipinski definition) is 5. The van der Waals surface area contributed by atoms with E-state index >= 15 is 0 Å². The fraction of sp³-hybridized carbons (Fsp3) is 0.438. The molecule has 1 fully saturated rings. The molecule has 1 aliphatic heterocycles. The van der Waals surface area contributed by atoms with Crippen molar-refractivity contribution in [3.05, 3.63) is 23.8 Å². The van der Waals surface area contributed by atoms with E-state index in [4.69, 9.17) is 19.8 Å². The van der Waals surface area contributed by atoms with Crippen LogP contribution in [0.5, 0.6) is 11.5 Å². The summed E-state index contributed by atoms with van der Waals surface area (Å²) in [6, 6.07) is 6.40. The van der Waals surface area contributed by atoms with E-state index in [1.807, 2.05) is 6.07 Å².